The van der Waals surface area contributed by atoms with Crippen molar-refractivity contribution in [2.24, 2.45) is 5.92 Å². The van der Waals surface area contributed by atoms with E-state index in [1.165, 1.54) is 23.6 Å². The monoisotopic (exact) mass is 497 g/mol. The topological polar surface area (TPSA) is 131 Å². The summed E-state index contributed by atoms with van der Waals surface area (Å²) in [5, 5.41) is 0.417. The number of anilines is 3. The second-order valence-electron chi connectivity index (χ2n) is 8.18. The number of nitrogens with two attached hydrogens (primary N) is 1. The molecule has 11 heteroatoms. The third-order valence-electron chi connectivity index (χ3n) is 5.97. The van der Waals surface area contributed by atoms with E-state index >= 15 is 0 Å². The number of hydrogen-bond donors (Lipinski definition) is 2. The number of rotatable bonds is 6. The van der Waals surface area contributed by atoms with Crippen LogP contribution in [0.2, 0.25) is 5.02 Å². The zero-order chi connectivity index (χ0) is 25.3. The first-order valence-electron chi connectivity index (χ1n) is 10.8. The lowest BCUT2D eigenvalue weighted by molar-refractivity contribution is -0.124. The molecule has 0 saturated carbocycles. The molecule has 2 amide bonds. The van der Waals surface area contributed by atoms with Crippen molar-refractivity contribution in [2.75, 3.05) is 36.2 Å². The molecule has 0 unspecified atom stereocenters. The van der Waals surface area contributed by atoms with Crippen LogP contribution >= 0.6 is 11.6 Å². The molecule has 0 bridgehead atoms. The fraction of sp³-hybridized carbons (Fsp3) is 0.250. The lowest BCUT2D eigenvalue weighted by atomic mass is 10.1. The van der Waals surface area contributed by atoms with Crippen LogP contribution in [0, 0.1) is 5.92 Å². The molecule has 1 aromatic heterocycles. The maximum absolute atomic E-state index is 13.3. The molecule has 35 heavy (non-hydrogen) atoms. The first kappa shape index (κ1) is 24.1. The van der Waals surface area contributed by atoms with Gasteiger partial charge in [-0.25, -0.2) is 4.79 Å². The number of ether oxygens (including phenoxy) is 1. The van der Waals surface area contributed by atoms with Crippen LogP contribution in [0.5, 0.6) is 5.75 Å². The number of carbonyl (C=O) groups is 2. The summed E-state index contributed by atoms with van der Waals surface area (Å²) in [6.45, 7) is 0.182. The fourth-order valence-electron chi connectivity index (χ4n) is 4.19. The number of nitrogens with zero attached hydrogens (tertiary/aromatic N) is 3. The molecule has 10 nitrogen and oxygen atoms in total. The SMILES string of the molecule is COc1ccc(Cl)cc1N1C[C@H](C(=O)N(C)c2c(N)n(Cc3ccccc3)c(=O)[nH]c2=O)CC1=O. The van der Waals surface area contributed by atoms with Gasteiger partial charge in [0, 0.05) is 25.0 Å². The average molecular weight is 498 g/mol. The number of benzene rings is 2. The molecular formula is C24H24ClN5O5. The summed E-state index contributed by atoms with van der Waals surface area (Å²) in [5.41, 5.74) is 5.83. The first-order valence-corrected chi connectivity index (χ1v) is 11.2. The fourth-order valence-corrected chi connectivity index (χ4v) is 4.35. The summed E-state index contributed by atoms with van der Waals surface area (Å²) >= 11 is 6.10. The summed E-state index contributed by atoms with van der Waals surface area (Å²) < 4.78 is 6.53. The molecule has 1 atom stereocenters. The molecule has 1 aliphatic rings. The zero-order valence-electron chi connectivity index (χ0n) is 19.2. The van der Waals surface area contributed by atoms with E-state index in [0.29, 0.717) is 16.5 Å². The van der Waals surface area contributed by atoms with E-state index in [-0.39, 0.29) is 36.9 Å². The molecule has 0 radical (unpaired) electrons. The molecule has 0 aliphatic carbocycles. The van der Waals surface area contributed by atoms with E-state index in [0.717, 1.165) is 10.5 Å². The van der Waals surface area contributed by atoms with Gasteiger partial charge in [-0.2, -0.15) is 0 Å². The Kier molecular flexibility index (Phi) is 6.65. The molecule has 1 aliphatic heterocycles. The second-order valence-corrected chi connectivity index (χ2v) is 8.62. The number of aromatic nitrogens is 2. The van der Waals surface area contributed by atoms with Crippen LogP contribution < -0.4 is 31.5 Å². The Morgan fingerprint density at radius 2 is 1.91 bits per heavy atom. The normalized spacial score (nSPS) is 15.3. The van der Waals surface area contributed by atoms with Gasteiger partial charge in [-0.3, -0.25) is 23.9 Å². The van der Waals surface area contributed by atoms with Crippen LogP contribution in [0.15, 0.2) is 58.1 Å². The Hall–Kier alpha value is -4.05. The Morgan fingerprint density at radius 3 is 2.60 bits per heavy atom. The van der Waals surface area contributed by atoms with Crippen LogP contribution in [0.25, 0.3) is 0 Å². The molecule has 2 aromatic carbocycles. The molecule has 182 valence electrons. The number of methoxy groups -OCH3 is 1. The van der Waals surface area contributed by atoms with Gasteiger partial charge >= 0.3 is 5.69 Å². The van der Waals surface area contributed by atoms with Crippen molar-refractivity contribution in [3.05, 3.63) is 80.0 Å². The maximum atomic E-state index is 13.3. The first-order chi connectivity index (χ1) is 16.7. The van der Waals surface area contributed by atoms with Crippen molar-refractivity contribution in [1.29, 1.82) is 0 Å². The number of halogens is 1. The predicted molar refractivity (Wildman–Crippen MR) is 133 cm³/mol. The molecular weight excluding hydrogens is 474 g/mol. The van der Waals surface area contributed by atoms with Crippen LogP contribution in [-0.4, -0.2) is 42.1 Å². The third kappa shape index (κ3) is 4.65. The number of nitrogens with one attached hydrogen (secondary N) is 1. The lowest BCUT2D eigenvalue weighted by Crippen LogP contribution is -2.42. The lowest BCUT2D eigenvalue weighted by Gasteiger charge is -2.23. The van der Waals surface area contributed by atoms with Crippen molar-refractivity contribution in [2.45, 2.75) is 13.0 Å². The predicted octanol–water partition coefficient (Wildman–Crippen LogP) is 1.84. The van der Waals surface area contributed by atoms with Gasteiger partial charge in [-0.05, 0) is 23.8 Å². The minimum absolute atomic E-state index is 0.0691. The Bertz CT molecular complexity index is 1400. The van der Waals surface area contributed by atoms with Crippen molar-refractivity contribution >= 4 is 40.6 Å². The van der Waals surface area contributed by atoms with Gasteiger partial charge < -0.3 is 20.3 Å². The van der Waals surface area contributed by atoms with Gasteiger partial charge in [0.15, 0.2) is 5.69 Å². The number of aromatic amines is 1. The number of hydrogen-bond acceptors (Lipinski definition) is 6. The zero-order valence-corrected chi connectivity index (χ0v) is 19.9. The molecule has 3 N–H and O–H groups in total. The van der Waals surface area contributed by atoms with Crippen LogP contribution in [0.3, 0.4) is 0 Å². The number of amides is 2. The number of nitrogen functional groups attached to an aromatic ring is 1. The van der Waals surface area contributed by atoms with Crippen LogP contribution in [0.1, 0.15) is 12.0 Å². The van der Waals surface area contributed by atoms with Gasteiger partial charge in [0.1, 0.15) is 11.6 Å². The minimum atomic E-state index is -0.787. The summed E-state index contributed by atoms with van der Waals surface area (Å²) in [4.78, 5) is 56.0. The van der Waals surface area contributed by atoms with Crippen LogP contribution in [0.4, 0.5) is 17.2 Å². The highest BCUT2D eigenvalue weighted by molar-refractivity contribution is 6.31. The Morgan fingerprint density at radius 1 is 1.20 bits per heavy atom. The van der Waals surface area contributed by atoms with E-state index < -0.39 is 23.1 Å². The van der Waals surface area contributed by atoms with E-state index in [9.17, 15) is 19.2 Å². The maximum Gasteiger partial charge on any atom is 0.330 e. The Balaban J connectivity index is 1.62. The van der Waals surface area contributed by atoms with E-state index in [2.05, 4.69) is 4.98 Å². The van der Waals surface area contributed by atoms with Gasteiger partial charge in [-0.1, -0.05) is 41.9 Å². The minimum Gasteiger partial charge on any atom is -0.495 e. The van der Waals surface area contributed by atoms with E-state index in [1.54, 1.807) is 18.2 Å². The van der Waals surface area contributed by atoms with Crippen molar-refractivity contribution < 1.29 is 14.3 Å². The average Bonchev–Trinajstić information content (AvgIpc) is 3.23. The van der Waals surface area contributed by atoms with Gasteiger partial charge in [0.25, 0.3) is 5.56 Å². The van der Waals surface area contributed by atoms with Crippen molar-refractivity contribution in [1.82, 2.24) is 9.55 Å². The molecule has 1 fully saturated rings. The standard InChI is InChI=1S/C24H24ClN5O5/c1-28(20-21(26)30(24(34)27-22(20)32)12-14-6-4-3-5-7-14)23(33)15-10-19(31)29(13-15)17-11-16(25)8-9-18(17)35-2/h3-9,11,15H,10,12-13,26H2,1-2H3,(H,27,32,34)/t15-/m1/s1. The van der Waals surface area contributed by atoms with Gasteiger partial charge in [0.05, 0.1) is 25.3 Å². The quantitative estimate of drug-likeness (QED) is 0.534. The summed E-state index contributed by atoms with van der Waals surface area (Å²) in [6.07, 6.45) is -0.0691. The molecule has 0 spiro atoms. The van der Waals surface area contributed by atoms with E-state index in [1.807, 2.05) is 30.3 Å². The molecule has 2 heterocycles. The smallest absolute Gasteiger partial charge is 0.330 e. The van der Waals surface area contributed by atoms with Gasteiger partial charge in [-0.15, -0.1) is 0 Å². The number of H-pyrrole nitrogens is 1. The summed E-state index contributed by atoms with van der Waals surface area (Å²) in [5.74, 6) is -1.21. The molecule has 1 saturated heterocycles. The van der Waals surface area contributed by atoms with Crippen molar-refractivity contribution in [3.63, 3.8) is 0 Å². The highest BCUT2D eigenvalue weighted by Gasteiger charge is 2.39. The number of carbonyl (C=O) groups excluding carboxylic acids is 2. The van der Waals surface area contributed by atoms with Crippen LogP contribution in [-0.2, 0) is 16.1 Å². The largest absolute Gasteiger partial charge is 0.495 e. The van der Waals surface area contributed by atoms with Crippen molar-refractivity contribution in [3.8, 4) is 5.75 Å². The highest BCUT2D eigenvalue weighted by Crippen LogP contribution is 2.36. The third-order valence-corrected chi connectivity index (χ3v) is 6.20. The van der Waals surface area contributed by atoms with E-state index in [4.69, 9.17) is 22.1 Å². The summed E-state index contributed by atoms with van der Waals surface area (Å²) in [7, 11) is 2.87. The molecule has 3 aromatic rings. The van der Waals surface area contributed by atoms with Gasteiger partial charge in [0.2, 0.25) is 11.8 Å². The Labute approximate surface area is 205 Å². The second kappa shape index (κ2) is 9.67. The highest BCUT2D eigenvalue weighted by atomic mass is 35.5. The molecule has 4 rings (SSSR count). The summed E-state index contributed by atoms with van der Waals surface area (Å²) in [6, 6.07) is 14.0.